The van der Waals surface area contributed by atoms with Crippen LogP contribution in [0, 0.1) is 0 Å². The van der Waals surface area contributed by atoms with Crippen LogP contribution in [0.4, 0.5) is 0 Å². The molecule has 0 atom stereocenters. The van der Waals surface area contributed by atoms with Gasteiger partial charge in [0.1, 0.15) is 12.4 Å². The number of rotatable bonds is 8. The highest BCUT2D eigenvalue weighted by atomic mass is 35.5. The lowest BCUT2D eigenvalue weighted by atomic mass is 10.2. The smallest absolute Gasteiger partial charge is 0.142 e. The Morgan fingerprint density at radius 2 is 2.25 bits per heavy atom. The van der Waals surface area contributed by atoms with Crippen LogP contribution in [0.5, 0.6) is 5.75 Å². The summed E-state index contributed by atoms with van der Waals surface area (Å²) >= 11 is 6.23. The third kappa shape index (κ3) is 4.25. The lowest BCUT2D eigenvalue weighted by Gasteiger charge is -2.13. The van der Waals surface area contributed by atoms with Gasteiger partial charge in [-0.15, -0.1) is 0 Å². The Balaban J connectivity index is 1.94. The molecule has 2 aromatic rings. The number of nitrogens with one attached hydrogen (secondary N) is 1. The summed E-state index contributed by atoms with van der Waals surface area (Å²) in [5.74, 6) is 0.768. The number of ether oxygens (including phenoxy) is 1. The van der Waals surface area contributed by atoms with Gasteiger partial charge in [-0.1, -0.05) is 30.7 Å². The van der Waals surface area contributed by atoms with Crippen LogP contribution < -0.4 is 10.1 Å². The number of benzene rings is 1. The first-order valence-corrected chi connectivity index (χ1v) is 7.27. The molecular formula is C15H20ClN3O. The van der Waals surface area contributed by atoms with E-state index in [1.807, 2.05) is 35.1 Å². The highest BCUT2D eigenvalue weighted by molar-refractivity contribution is 6.32. The van der Waals surface area contributed by atoms with E-state index >= 15 is 0 Å². The Kier molecular flexibility index (Phi) is 5.89. The maximum atomic E-state index is 6.23. The quantitative estimate of drug-likeness (QED) is 0.760. The van der Waals surface area contributed by atoms with Crippen molar-refractivity contribution in [3.8, 4) is 5.75 Å². The molecule has 1 N–H and O–H groups in total. The average Bonchev–Trinajstić information content (AvgIpc) is 2.95. The van der Waals surface area contributed by atoms with Gasteiger partial charge in [0.15, 0.2) is 0 Å². The Labute approximate surface area is 124 Å². The zero-order valence-corrected chi connectivity index (χ0v) is 12.4. The molecule has 0 bridgehead atoms. The summed E-state index contributed by atoms with van der Waals surface area (Å²) in [7, 11) is 0. The fourth-order valence-corrected chi connectivity index (χ4v) is 2.18. The van der Waals surface area contributed by atoms with Gasteiger partial charge in [-0.2, -0.15) is 5.10 Å². The molecule has 4 nitrogen and oxygen atoms in total. The lowest BCUT2D eigenvalue weighted by molar-refractivity contribution is 0.288. The summed E-state index contributed by atoms with van der Waals surface area (Å²) < 4.78 is 7.68. The van der Waals surface area contributed by atoms with Crippen molar-refractivity contribution >= 4 is 11.6 Å². The summed E-state index contributed by atoms with van der Waals surface area (Å²) in [6.45, 7) is 5.16. The Bertz CT molecular complexity index is 514. The van der Waals surface area contributed by atoms with E-state index in [1.54, 1.807) is 6.20 Å². The van der Waals surface area contributed by atoms with Gasteiger partial charge < -0.3 is 10.1 Å². The summed E-state index contributed by atoms with van der Waals surface area (Å²) in [4.78, 5) is 0. The maximum absolute atomic E-state index is 6.23. The van der Waals surface area contributed by atoms with Gasteiger partial charge in [0.25, 0.3) is 0 Å². The second-order valence-corrected chi connectivity index (χ2v) is 4.93. The topological polar surface area (TPSA) is 39.1 Å². The number of aromatic nitrogens is 2. The molecule has 1 aromatic carbocycles. The van der Waals surface area contributed by atoms with Crippen molar-refractivity contribution in [2.75, 3.05) is 13.2 Å². The van der Waals surface area contributed by atoms with Gasteiger partial charge in [-0.05, 0) is 25.1 Å². The Morgan fingerprint density at radius 3 is 3.00 bits per heavy atom. The Hall–Kier alpha value is -1.52. The lowest BCUT2D eigenvalue weighted by Crippen LogP contribution is -2.15. The molecule has 0 aliphatic carbocycles. The van der Waals surface area contributed by atoms with Crippen LogP contribution in [0.1, 0.15) is 18.9 Å². The van der Waals surface area contributed by atoms with Crippen molar-refractivity contribution in [3.63, 3.8) is 0 Å². The summed E-state index contributed by atoms with van der Waals surface area (Å²) in [5.41, 5.74) is 1.09. The first-order chi connectivity index (χ1) is 9.81. The SMILES string of the molecule is CCCNCc1cccc(Cl)c1OCCn1cccn1. The van der Waals surface area contributed by atoms with E-state index < -0.39 is 0 Å². The van der Waals surface area contributed by atoms with Crippen molar-refractivity contribution in [1.82, 2.24) is 15.1 Å². The van der Waals surface area contributed by atoms with Gasteiger partial charge in [-0.3, -0.25) is 4.68 Å². The van der Waals surface area contributed by atoms with Gasteiger partial charge >= 0.3 is 0 Å². The summed E-state index contributed by atoms with van der Waals surface area (Å²) in [6, 6.07) is 7.74. The standard InChI is InChI=1S/C15H20ClN3O/c1-2-7-17-12-13-5-3-6-14(16)15(13)20-11-10-19-9-4-8-18-19/h3-6,8-9,17H,2,7,10-12H2,1H3. The number of halogens is 1. The van der Waals surface area contributed by atoms with E-state index in [-0.39, 0.29) is 0 Å². The van der Waals surface area contributed by atoms with Crippen molar-refractivity contribution in [2.24, 2.45) is 0 Å². The van der Waals surface area contributed by atoms with E-state index in [9.17, 15) is 0 Å². The van der Waals surface area contributed by atoms with Crippen molar-refractivity contribution < 1.29 is 4.74 Å². The van der Waals surface area contributed by atoms with Crippen LogP contribution in [0.2, 0.25) is 5.02 Å². The molecule has 0 amide bonds. The molecule has 0 saturated carbocycles. The van der Waals surface area contributed by atoms with E-state index in [0.717, 1.165) is 30.8 Å². The predicted molar refractivity (Wildman–Crippen MR) is 81.2 cm³/mol. The molecule has 108 valence electrons. The number of hydrogen-bond acceptors (Lipinski definition) is 3. The molecule has 5 heteroatoms. The molecule has 0 unspecified atom stereocenters. The third-order valence-corrected chi connectivity index (χ3v) is 3.21. The average molecular weight is 294 g/mol. The normalized spacial score (nSPS) is 10.7. The summed E-state index contributed by atoms with van der Waals surface area (Å²) in [5, 5.41) is 8.16. The third-order valence-electron chi connectivity index (χ3n) is 2.92. The largest absolute Gasteiger partial charge is 0.490 e. The predicted octanol–water partition coefficient (Wildman–Crippen LogP) is 3.12. The molecule has 1 aromatic heterocycles. The molecule has 2 rings (SSSR count). The minimum atomic E-state index is 0.548. The molecule has 0 fully saturated rings. The minimum Gasteiger partial charge on any atom is -0.490 e. The fraction of sp³-hybridized carbons (Fsp3) is 0.400. The van der Waals surface area contributed by atoms with Crippen LogP contribution in [0.3, 0.4) is 0 Å². The molecule has 0 aliphatic rings. The molecule has 0 aliphatic heterocycles. The van der Waals surface area contributed by atoms with Crippen molar-refractivity contribution in [1.29, 1.82) is 0 Å². The number of hydrogen-bond donors (Lipinski definition) is 1. The van der Waals surface area contributed by atoms with Crippen molar-refractivity contribution in [2.45, 2.75) is 26.4 Å². The first kappa shape index (κ1) is 14.9. The van der Waals surface area contributed by atoms with Gasteiger partial charge in [-0.25, -0.2) is 0 Å². The van der Waals surface area contributed by atoms with Crippen molar-refractivity contribution in [3.05, 3.63) is 47.2 Å². The van der Waals surface area contributed by atoms with Crippen LogP contribution in [-0.4, -0.2) is 22.9 Å². The highest BCUT2D eigenvalue weighted by Crippen LogP contribution is 2.28. The molecule has 1 heterocycles. The molecular weight excluding hydrogens is 274 g/mol. The molecule has 0 spiro atoms. The van der Waals surface area contributed by atoms with Crippen LogP contribution in [-0.2, 0) is 13.1 Å². The van der Waals surface area contributed by atoms with Crippen LogP contribution >= 0.6 is 11.6 Å². The van der Waals surface area contributed by atoms with Crippen LogP contribution in [0.15, 0.2) is 36.7 Å². The Morgan fingerprint density at radius 1 is 1.35 bits per heavy atom. The number of nitrogens with zero attached hydrogens (tertiary/aromatic N) is 2. The zero-order valence-electron chi connectivity index (χ0n) is 11.7. The monoisotopic (exact) mass is 293 g/mol. The van der Waals surface area contributed by atoms with Gasteiger partial charge in [0.05, 0.1) is 11.6 Å². The van der Waals surface area contributed by atoms with E-state index in [2.05, 4.69) is 17.3 Å². The second-order valence-electron chi connectivity index (χ2n) is 4.52. The van der Waals surface area contributed by atoms with E-state index in [1.165, 1.54) is 0 Å². The summed E-state index contributed by atoms with van der Waals surface area (Å²) in [6.07, 6.45) is 4.78. The van der Waals surface area contributed by atoms with E-state index in [0.29, 0.717) is 18.2 Å². The molecule has 0 saturated heterocycles. The maximum Gasteiger partial charge on any atom is 0.142 e. The second kappa shape index (κ2) is 7.92. The zero-order chi connectivity index (χ0) is 14.2. The highest BCUT2D eigenvalue weighted by Gasteiger charge is 2.08. The van der Waals surface area contributed by atoms with Crippen LogP contribution in [0.25, 0.3) is 0 Å². The molecule has 20 heavy (non-hydrogen) atoms. The van der Waals surface area contributed by atoms with E-state index in [4.69, 9.17) is 16.3 Å². The number of para-hydroxylation sites is 1. The van der Waals surface area contributed by atoms with Gasteiger partial charge in [0.2, 0.25) is 0 Å². The first-order valence-electron chi connectivity index (χ1n) is 6.89. The molecule has 0 radical (unpaired) electrons. The fourth-order valence-electron chi connectivity index (χ4n) is 1.93. The van der Waals surface area contributed by atoms with Gasteiger partial charge in [0, 0.05) is 24.5 Å². The minimum absolute atomic E-state index is 0.548.